The summed E-state index contributed by atoms with van der Waals surface area (Å²) in [5.41, 5.74) is 0. The second-order valence-electron chi connectivity index (χ2n) is 4.16. The van der Waals surface area contributed by atoms with Crippen molar-refractivity contribution in [2.75, 3.05) is 6.54 Å². The van der Waals surface area contributed by atoms with Gasteiger partial charge in [0.15, 0.2) is 0 Å². The van der Waals surface area contributed by atoms with E-state index in [2.05, 4.69) is 11.8 Å². The van der Waals surface area contributed by atoms with Crippen LogP contribution in [0.1, 0.15) is 39.0 Å². The Morgan fingerprint density at radius 2 is 2.25 bits per heavy atom. The summed E-state index contributed by atoms with van der Waals surface area (Å²) in [5.74, 6) is 0.477. The summed E-state index contributed by atoms with van der Waals surface area (Å²) in [6, 6.07) is 1.31. The van der Waals surface area contributed by atoms with Gasteiger partial charge in [0.2, 0.25) is 0 Å². The molecular weight excluding hydrogens is 150 g/mol. The predicted molar refractivity (Wildman–Crippen MR) is 48.0 cm³/mol. The lowest BCUT2D eigenvalue weighted by molar-refractivity contribution is -0.124. The molecule has 0 radical (unpaired) electrons. The Kier molecular flexibility index (Phi) is 2.18. The zero-order valence-corrected chi connectivity index (χ0v) is 7.75. The Bertz CT molecular complexity index is 190. The molecule has 2 aliphatic heterocycles. The Balaban J connectivity index is 2.04. The number of piperidine rings is 2. The van der Waals surface area contributed by atoms with Crippen LogP contribution in [-0.4, -0.2) is 29.3 Å². The van der Waals surface area contributed by atoms with Crippen molar-refractivity contribution in [1.29, 1.82) is 0 Å². The van der Waals surface area contributed by atoms with Gasteiger partial charge >= 0.3 is 0 Å². The molecule has 0 amide bonds. The molecule has 2 heterocycles. The summed E-state index contributed by atoms with van der Waals surface area (Å²) in [6.07, 6.45) is 5.50. The topological polar surface area (TPSA) is 20.3 Å². The lowest BCUT2D eigenvalue weighted by atomic mass is 9.89. The molecule has 2 fully saturated rings. The standard InChI is InChI=1S/C10H17NO/c1-8-3-2-4-9-7-10(12)5-6-11(8)9/h8-9H,2-7H2,1H3/t8-,9+/m0/s1. The molecule has 2 atom stereocenters. The largest absolute Gasteiger partial charge is 0.300 e. The van der Waals surface area contributed by atoms with Gasteiger partial charge in [-0.25, -0.2) is 0 Å². The van der Waals surface area contributed by atoms with Gasteiger partial charge < -0.3 is 0 Å². The van der Waals surface area contributed by atoms with E-state index in [-0.39, 0.29) is 0 Å². The minimum Gasteiger partial charge on any atom is -0.300 e. The summed E-state index contributed by atoms with van der Waals surface area (Å²) < 4.78 is 0. The van der Waals surface area contributed by atoms with Crippen LogP contribution in [0.15, 0.2) is 0 Å². The molecule has 0 N–H and O–H groups in total. The van der Waals surface area contributed by atoms with E-state index < -0.39 is 0 Å². The van der Waals surface area contributed by atoms with Crippen molar-refractivity contribution in [2.24, 2.45) is 0 Å². The average Bonchev–Trinajstić information content (AvgIpc) is 2.04. The van der Waals surface area contributed by atoms with Crippen LogP contribution in [0.2, 0.25) is 0 Å². The number of ketones is 1. The number of carbonyl (C=O) groups excluding carboxylic acids is 1. The van der Waals surface area contributed by atoms with E-state index in [1.165, 1.54) is 19.3 Å². The highest BCUT2D eigenvalue weighted by Gasteiger charge is 2.32. The van der Waals surface area contributed by atoms with Crippen LogP contribution in [0.4, 0.5) is 0 Å². The number of carbonyl (C=O) groups is 1. The molecule has 2 heteroatoms. The molecule has 0 spiro atoms. The first-order valence-electron chi connectivity index (χ1n) is 5.05. The molecule has 2 aliphatic rings. The lowest BCUT2D eigenvalue weighted by Gasteiger charge is -2.43. The molecule has 0 bridgehead atoms. The van der Waals surface area contributed by atoms with E-state index in [0.29, 0.717) is 11.8 Å². The van der Waals surface area contributed by atoms with Crippen molar-refractivity contribution in [3.05, 3.63) is 0 Å². The van der Waals surface area contributed by atoms with Gasteiger partial charge in [0.25, 0.3) is 0 Å². The fraction of sp³-hybridized carbons (Fsp3) is 0.900. The van der Waals surface area contributed by atoms with Gasteiger partial charge in [0, 0.05) is 31.5 Å². The van der Waals surface area contributed by atoms with Crippen molar-refractivity contribution in [1.82, 2.24) is 4.90 Å². The number of fused-ring (bicyclic) bond motifs is 1. The fourth-order valence-electron chi connectivity index (χ4n) is 2.58. The zero-order valence-electron chi connectivity index (χ0n) is 7.75. The minimum absolute atomic E-state index is 0.477. The van der Waals surface area contributed by atoms with Gasteiger partial charge in [0.05, 0.1) is 0 Å². The van der Waals surface area contributed by atoms with Crippen LogP contribution in [0.25, 0.3) is 0 Å². The van der Waals surface area contributed by atoms with Gasteiger partial charge in [-0.2, -0.15) is 0 Å². The SMILES string of the molecule is C[C@H]1CCC[C@@H]2CC(=O)CCN21. The molecule has 2 saturated heterocycles. The fourth-order valence-corrected chi connectivity index (χ4v) is 2.58. The summed E-state index contributed by atoms with van der Waals surface area (Å²) in [5, 5.41) is 0. The highest BCUT2D eigenvalue weighted by atomic mass is 16.1. The summed E-state index contributed by atoms with van der Waals surface area (Å²) in [7, 11) is 0. The maximum Gasteiger partial charge on any atom is 0.135 e. The Labute approximate surface area is 73.9 Å². The molecule has 2 rings (SSSR count). The van der Waals surface area contributed by atoms with Crippen LogP contribution >= 0.6 is 0 Å². The zero-order chi connectivity index (χ0) is 8.55. The first-order chi connectivity index (χ1) is 5.77. The van der Waals surface area contributed by atoms with Gasteiger partial charge in [-0.1, -0.05) is 6.42 Å². The molecule has 0 aliphatic carbocycles. The van der Waals surface area contributed by atoms with E-state index >= 15 is 0 Å². The summed E-state index contributed by atoms with van der Waals surface area (Å²) in [4.78, 5) is 13.7. The Hall–Kier alpha value is -0.370. The van der Waals surface area contributed by atoms with Crippen LogP contribution in [0.5, 0.6) is 0 Å². The number of Topliss-reactive ketones (excluding diaryl/α,β-unsaturated/α-hetero) is 1. The second-order valence-corrected chi connectivity index (χ2v) is 4.16. The van der Waals surface area contributed by atoms with Crippen LogP contribution in [-0.2, 0) is 4.79 Å². The summed E-state index contributed by atoms with van der Waals surface area (Å²) >= 11 is 0. The number of hydrogen-bond donors (Lipinski definition) is 0. The first-order valence-corrected chi connectivity index (χ1v) is 5.05. The van der Waals surface area contributed by atoms with E-state index in [0.717, 1.165) is 25.4 Å². The highest BCUT2D eigenvalue weighted by molar-refractivity contribution is 5.80. The number of nitrogens with zero attached hydrogens (tertiary/aromatic N) is 1. The Morgan fingerprint density at radius 3 is 3.08 bits per heavy atom. The van der Waals surface area contributed by atoms with Gasteiger partial charge in [0.1, 0.15) is 5.78 Å². The normalized spacial score (nSPS) is 37.9. The van der Waals surface area contributed by atoms with E-state index in [1.54, 1.807) is 0 Å². The number of rotatable bonds is 0. The van der Waals surface area contributed by atoms with Crippen molar-refractivity contribution < 1.29 is 4.79 Å². The Morgan fingerprint density at radius 1 is 1.42 bits per heavy atom. The third-order valence-corrected chi connectivity index (χ3v) is 3.31. The van der Waals surface area contributed by atoms with Gasteiger partial charge in [-0.05, 0) is 19.8 Å². The number of hydrogen-bond acceptors (Lipinski definition) is 2. The van der Waals surface area contributed by atoms with Crippen LogP contribution in [0.3, 0.4) is 0 Å². The third kappa shape index (κ3) is 1.40. The van der Waals surface area contributed by atoms with Crippen molar-refractivity contribution in [3.63, 3.8) is 0 Å². The molecule has 0 aromatic rings. The van der Waals surface area contributed by atoms with Crippen LogP contribution in [0, 0.1) is 0 Å². The maximum absolute atomic E-state index is 11.2. The van der Waals surface area contributed by atoms with Crippen LogP contribution < -0.4 is 0 Å². The molecule has 0 aromatic heterocycles. The van der Waals surface area contributed by atoms with E-state index in [4.69, 9.17) is 0 Å². The summed E-state index contributed by atoms with van der Waals surface area (Å²) in [6.45, 7) is 3.31. The molecule has 0 saturated carbocycles. The van der Waals surface area contributed by atoms with E-state index in [9.17, 15) is 4.79 Å². The smallest absolute Gasteiger partial charge is 0.135 e. The second kappa shape index (κ2) is 3.17. The lowest BCUT2D eigenvalue weighted by Crippen LogP contribution is -2.49. The van der Waals surface area contributed by atoms with Crippen molar-refractivity contribution >= 4 is 5.78 Å². The van der Waals surface area contributed by atoms with Gasteiger partial charge in [-0.15, -0.1) is 0 Å². The molecule has 2 nitrogen and oxygen atoms in total. The highest BCUT2D eigenvalue weighted by Crippen LogP contribution is 2.28. The first kappa shape index (κ1) is 8.24. The molecule has 0 aromatic carbocycles. The molecule has 12 heavy (non-hydrogen) atoms. The van der Waals surface area contributed by atoms with Gasteiger partial charge in [-0.3, -0.25) is 9.69 Å². The predicted octanol–water partition coefficient (Wildman–Crippen LogP) is 1.59. The average molecular weight is 167 g/mol. The van der Waals surface area contributed by atoms with E-state index in [1.807, 2.05) is 0 Å². The minimum atomic E-state index is 0.477. The third-order valence-electron chi connectivity index (χ3n) is 3.31. The van der Waals surface area contributed by atoms with Crippen molar-refractivity contribution in [3.8, 4) is 0 Å². The monoisotopic (exact) mass is 167 g/mol. The quantitative estimate of drug-likeness (QED) is 0.546. The molecule has 68 valence electrons. The molecular formula is C10H17NO. The molecule has 0 unspecified atom stereocenters. The maximum atomic E-state index is 11.2. The van der Waals surface area contributed by atoms with Crippen molar-refractivity contribution in [2.45, 2.75) is 51.1 Å².